The molecule has 1 atom stereocenters. The number of carbonyl (C=O) groups excluding carboxylic acids is 2. The van der Waals surface area contributed by atoms with Gasteiger partial charge in [-0.15, -0.1) is 0 Å². The van der Waals surface area contributed by atoms with Crippen LogP contribution in [-0.2, 0) is 4.79 Å². The van der Waals surface area contributed by atoms with E-state index in [0.29, 0.717) is 10.0 Å². The first kappa shape index (κ1) is 15.2. The molecule has 0 radical (unpaired) electrons. The van der Waals surface area contributed by atoms with Gasteiger partial charge in [-0.2, -0.15) is 0 Å². The Hall–Kier alpha value is -1.24. The molecule has 0 spiro atoms. The molecule has 0 saturated carbocycles. The number of carbonyl (C=O) groups is 2. The Labute approximate surface area is 126 Å². The van der Waals surface area contributed by atoms with Crippen LogP contribution in [0.15, 0.2) is 28.7 Å². The molecule has 1 saturated heterocycles. The highest BCUT2D eigenvalue weighted by Crippen LogP contribution is 2.15. The summed E-state index contributed by atoms with van der Waals surface area (Å²) in [6.07, 6.45) is 0.971. The van der Waals surface area contributed by atoms with Crippen LogP contribution in [0.2, 0.25) is 0 Å². The van der Waals surface area contributed by atoms with Crippen molar-refractivity contribution < 1.29 is 9.59 Å². The molecular weight excluding hydrogens is 322 g/mol. The van der Waals surface area contributed by atoms with Crippen LogP contribution in [-0.4, -0.2) is 37.0 Å². The summed E-state index contributed by atoms with van der Waals surface area (Å²) in [5.41, 5.74) is 0.378. The minimum absolute atomic E-state index is 0.0757. The molecule has 6 heteroatoms. The van der Waals surface area contributed by atoms with Crippen molar-refractivity contribution >= 4 is 27.7 Å². The van der Waals surface area contributed by atoms with Crippen LogP contribution in [0.4, 0.5) is 0 Å². The van der Waals surface area contributed by atoms with E-state index in [1.807, 2.05) is 6.07 Å². The normalized spacial score (nSPS) is 21.7. The maximum atomic E-state index is 11.9. The molecular formula is C14H18BrN3O2. The van der Waals surface area contributed by atoms with Crippen molar-refractivity contribution in [2.75, 3.05) is 19.6 Å². The number of nitrogens with one attached hydrogen (secondary N) is 3. The van der Waals surface area contributed by atoms with Gasteiger partial charge in [-0.1, -0.05) is 12.1 Å². The molecule has 0 aliphatic carbocycles. The highest BCUT2D eigenvalue weighted by Gasteiger charge is 2.28. The molecule has 2 amide bonds. The predicted molar refractivity (Wildman–Crippen MR) is 80.5 cm³/mol. The van der Waals surface area contributed by atoms with Crippen molar-refractivity contribution in [1.29, 1.82) is 0 Å². The number of hydrogen-bond donors (Lipinski definition) is 3. The number of rotatable bonds is 4. The average molecular weight is 340 g/mol. The average Bonchev–Trinajstić information content (AvgIpc) is 2.84. The van der Waals surface area contributed by atoms with E-state index >= 15 is 0 Å². The van der Waals surface area contributed by atoms with Crippen molar-refractivity contribution in [1.82, 2.24) is 16.0 Å². The molecule has 0 bridgehead atoms. The van der Waals surface area contributed by atoms with E-state index in [-0.39, 0.29) is 23.9 Å². The molecule has 1 aromatic rings. The number of hydrogen-bond acceptors (Lipinski definition) is 4. The van der Waals surface area contributed by atoms with Crippen molar-refractivity contribution in [3.05, 3.63) is 34.3 Å². The summed E-state index contributed by atoms with van der Waals surface area (Å²) < 4.78 is 0.671. The molecule has 1 aliphatic heterocycles. The Morgan fingerprint density at radius 3 is 2.80 bits per heavy atom. The second-order valence-corrected chi connectivity index (χ2v) is 6.05. The first-order valence-electron chi connectivity index (χ1n) is 6.55. The molecule has 3 N–H and O–H groups in total. The molecule has 1 heterocycles. The van der Waals surface area contributed by atoms with Crippen LogP contribution in [0.25, 0.3) is 0 Å². The molecule has 5 nitrogen and oxygen atoms in total. The van der Waals surface area contributed by atoms with Crippen LogP contribution >= 0.6 is 15.9 Å². The van der Waals surface area contributed by atoms with Crippen LogP contribution in [0.5, 0.6) is 0 Å². The SMILES string of the molecule is CC1(NCC(=O)NC(=O)c2ccccc2Br)CCNC1. The summed E-state index contributed by atoms with van der Waals surface area (Å²) in [5, 5.41) is 8.82. The molecule has 1 aromatic carbocycles. The zero-order valence-electron chi connectivity index (χ0n) is 11.3. The van der Waals surface area contributed by atoms with Crippen LogP contribution in [0, 0.1) is 0 Å². The fourth-order valence-electron chi connectivity index (χ4n) is 2.15. The van der Waals surface area contributed by atoms with Crippen molar-refractivity contribution in [2.24, 2.45) is 0 Å². The smallest absolute Gasteiger partial charge is 0.259 e. The fourth-order valence-corrected chi connectivity index (χ4v) is 2.61. The standard InChI is InChI=1S/C14H18BrN3O2/c1-14(6-7-16-9-14)17-8-12(19)18-13(20)10-4-2-3-5-11(10)15/h2-5,16-17H,6-9H2,1H3,(H,18,19,20). The van der Waals surface area contributed by atoms with E-state index in [4.69, 9.17) is 0 Å². The number of benzene rings is 1. The zero-order valence-corrected chi connectivity index (χ0v) is 12.9. The molecule has 1 unspecified atom stereocenters. The van der Waals surface area contributed by atoms with Gasteiger partial charge in [-0.25, -0.2) is 0 Å². The van der Waals surface area contributed by atoms with Gasteiger partial charge < -0.3 is 10.6 Å². The van der Waals surface area contributed by atoms with Gasteiger partial charge in [0.2, 0.25) is 5.91 Å². The minimum Gasteiger partial charge on any atom is -0.315 e. The van der Waals surface area contributed by atoms with E-state index in [1.54, 1.807) is 18.2 Å². The van der Waals surface area contributed by atoms with Gasteiger partial charge in [0.15, 0.2) is 0 Å². The summed E-state index contributed by atoms with van der Waals surface area (Å²) in [7, 11) is 0. The Kier molecular flexibility index (Phi) is 4.91. The Morgan fingerprint density at radius 2 is 2.15 bits per heavy atom. The van der Waals surface area contributed by atoms with Crippen molar-refractivity contribution in [3.8, 4) is 0 Å². The summed E-state index contributed by atoms with van der Waals surface area (Å²) >= 11 is 3.29. The first-order valence-corrected chi connectivity index (χ1v) is 7.34. The predicted octanol–water partition coefficient (Wildman–Crippen LogP) is 1.05. The third-order valence-corrected chi connectivity index (χ3v) is 4.11. The van der Waals surface area contributed by atoms with E-state index in [0.717, 1.165) is 19.5 Å². The van der Waals surface area contributed by atoms with Crippen molar-refractivity contribution in [3.63, 3.8) is 0 Å². The van der Waals surface area contributed by atoms with Gasteiger partial charge >= 0.3 is 0 Å². The topological polar surface area (TPSA) is 70.2 Å². The van der Waals surface area contributed by atoms with E-state index in [2.05, 4.69) is 38.8 Å². The molecule has 1 aliphatic rings. The monoisotopic (exact) mass is 339 g/mol. The lowest BCUT2D eigenvalue weighted by Gasteiger charge is -2.23. The lowest BCUT2D eigenvalue weighted by Crippen LogP contribution is -2.49. The largest absolute Gasteiger partial charge is 0.315 e. The first-order chi connectivity index (χ1) is 9.50. The van der Waals surface area contributed by atoms with Crippen molar-refractivity contribution in [2.45, 2.75) is 18.9 Å². The minimum atomic E-state index is -0.390. The molecule has 2 rings (SSSR count). The van der Waals surface area contributed by atoms with Gasteiger partial charge in [0, 0.05) is 16.6 Å². The second kappa shape index (κ2) is 6.47. The lowest BCUT2D eigenvalue weighted by atomic mass is 10.0. The van der Waals surface area contributed by atoms with Gasteiger partial charge in [0.05, 0.1) is 12.1 Å². The lowest BCUT2D eigenvalue weighted by molar-refractivity contribution is -0.119. The second-order valence-electron chi connectivity index (χ2n) is 5.20. The molecule has 20 heavy (non-hydrogen) atoms. The summed E-state index contributed by atoms with van der Waals surface area (Å²) in [6, 6.07) is 7.01. The zero-order chi connectivity index (χ0) is 14.6. The number of imide groups is 1. The summed E-state index contributed by atoms with van der Waals surface area (Å²) in [5.74, 6) is -0.710. The number of amides is 2. The summed E-state index contributed by atoms with van der Waals surface area (Å²) in [6.45, 7) is 3.98. The van der Waals surface area contributed by atoms with E-state index < -0.39 is 0 Å². The van der Waals surface area contributed by atoms with Crippen LogP contribution in [0.1, 0.15) is 23.7 Å². The highest BCUT2D eigenvalue weighted by molar-refractivity contribution is 9.10. The Morgan fingerprint density at radius 1 is 1.40 bits per heavy atom. The third-order valence-electron chi connectivity index (χ3n) is 3.42. The Bertz CT molecular complexity index is 513. The van der Waals surface area contributed by atoms with E-state index in [9.17, 15) is 9.59 Å². The molecule has 1 fully saturated rings. The highest BCUT2D eigenvalue weighted by atomic mass is 79.9. The maximum absolute atomic E-state index is 11.9. The van der Waals surface area contributed by atoms with Gasteiger partial charge in [0.25, 0.3) is 5.91 Å². The number of halogens is 1. The van der Waals surface area contributed by atoms with Gasteiger partial charge in [-0.3, -0.25) is 14.9 Å². The maximum Gasteiger partial charge on any atom is 0.259 e. The third kappa shape index (κ3) is 3.88. The summed E-state index contributed by atoms with van der Waals surface area (Å²) in [4.78, 5) is 23.8. The fraction of sp³-hybridized carbons (Fsp3) is 0.429. The van der Waals surface area contributed by atoms with Gasteiger partial charge in [0.1, 0.15) is 0 Å². The quantitative estimate of drug-likeness (QED) is 0.766. The van der Waals surface area contributed by atoms with Gasteiger partial charge in [-0.05, 0) is 48.0 Å². The molecule has 0 aromatic heterocycles. The van der Waals surface area contributed by atoms with E-state index in [1.165, 1.54) is 0 Å². The Balaban J connectivity index is 1.85. The van der Waals surface area contributed by atoms with Crippen LogP contribution in [0.3, 0.4) is 0 Å². The van der Waals surface area contributed by atoms with Crippen LogP contribution < -0.4 is 16.0 Å². The molecule has 108 valence electrons.